The van der Waals surface area contributed by atoms with Gasteiger partial charge < -0.3 is 30.1 Å². The van der Waals surface area contributed by atoms with Gasteiger partial charge in [-0.15, -0.1) is 11.3 Å². The summed E-state index contributed by atoms with van der Waals surface area (Å²) in [4.78, 5) is 93.4. The Balaban J connectivity index is 2.39. The number of benzene rings is 1. The first-order valence-electron chi connectivity index (χ1n) is 20.4. The van der Waals surface area contributed by atoms with Crippen LogP contribution in [-0.2, 0) is 34.9 Å². The molecule has 4 amide bonds. The van der Waals surface area contributed by atoms with E-state index in [4.69, 9.17) is 14.5 Å². The van der Waals surface area contributed by atoms with Crippen molar-refractivity contribution in [2.75, 3.05) is 33.4 Å². The summed E-state index contributed by atoms with van der Waals surface area (Å²) < 4.78 is 21.8. The number of carbonyl (C=O) groups is 5. The smallest absolute Gasteiger partial charge is 0.455 e. The van der Waals surface area contributed by atoms with Gasteiger partial charge in [0.2, 0.25) is 17.7 Å². The molecule has 1 heterocycles. The Bertz CT molecular complexity index is 1750. The Kier molecular flexibility index (Phi) is 21.7. The molecule has 0 spiro atoms. The maximum Gasteiger partial charge on any atom is 0.524 e. The number of rotatable bonds is 25. The van der Waals surface area contributed by atoms with Crippen LogP contribution in [0.2, 0.25) is 0 Å². The number of esters is 1. The van der Waals surface area contributed by atoms with Gasteiger partial charge in [0.25, 0.3) is 5.91 Å². The monoisotopic (exact) mass is 898 g/mol. The van der Waals surface area contributed by atoms with Crippen LogP contribution in [0.3, 0.4) is 0 Å². The summed E-state index contributed by atoms with van der Waals surface area (Å²) in [5.41, 5.74) is 0.778. The molecule has 0 aliphatic carbocycles. The van der Waals surface area contributed by atoms with Gasteiger partial charge in [-0.2, -0.15) is 12.6 Å². The van der Waals surface area contributed by atoms with E-state index in [-0.39, 0.29) is 66.2 Å². The molecule has 1 aromatic heterocycles. The van der Waals surface area contributed by atoms with Crippen molar-refractivity contribution in [2.45, 2.75) is 118 Å². The maximum atomic E-state index is 14.3. The van der Waals surface area contributed by atoms with Crippen molar-refractivity contribution in [3.63, 3.8) is 0 Å². The summed E-state index contributed by atoms with van der Waals surface area (Å²) in [6.07, 6.45) is 1.14. The van der Waals surface area contributed by atoms with E-state index in [0.717, 1.165) is 11.3 Å². The lowest BCUT2D eigenvalue weighted by Gasteiger charge is -2.37. The standard InChI is InChI=1S/C41H67N6O10PS2/c1-12-26(6)35(45-39(51)36(25(4)5)46(9)10)41(52)47(11)33(24(2)3)22-34(56-28(8)48)40-44-32(23-60-40)38(50)43-30(20-27(7)37(49)42-18-13-19-59)21-29-14-16-31(17-15-29)57-58(53,54)55/h14-17,23-27,30,33-36,59H,12-13,18-22H2,1-11H3,(H,42,49)(H,43,50)(H,45,51)(H2,53,54,55)/t26-,27?,30+,33+,34+,35-,36+/m0/s1. The summed E-state index contributed by atoms with van der Waals surface area (Å²) in [7, 11) is 0.595. The molecular weight excluding hydrogens is 832 g/mol. The van der Waals surface area contributed by atoms with E-state index in [1.807, 2.05) is 60.5 Å². The Morgan fingerprint density at radius 2 is 1.57 bits per heavy atom. The van der Waals surface area contributed by atoms with Crippen LogP contribution in [0.4, 0.5) is 0 Å². The van der Waals surface area contributed by atoms with Gasteiger partial charge in [-0.05, 0) is 74.6 Å². The van der Waals surface area contributed by atoms with Crippen LogP contribution in [0.15, 0.2) is 29.6 Å². The molecule has 2 rings (SSSR count). The highest BCUT2D eigenvalue weighted by atomic mass is 32.1. The minimum absolute atomic E-state index is 0.00959. The molecule has 0 aliphatic heterocycles. The average molecular weight is 899 g/mol. The van der Waals surface area contributed by atoms with Crippen LogP contribution in [0, 0.1) is 23.7 Å². The van der Waals surface area contributed by atoms with E-state index in [1.54, 1.807) is 36.4 Å². The van der Waals surface area contributed by atoms with E-state index in [2.05, 4.69) is 38.1 Å². The largest absolute Gasteiger partial charge is 0.524 e. The first-order valence-corrected chi connectivity index (χ1v) is 23.4. The fourth-order valence-corrected chi connectivity index (χ4v) is 8.43. The van der Waals surface area contributed by atoms with Gasteiger partial charge in [0.05, 0.1) is 6.04 Å². The highest BCUT2D eigenvalue weighted by Crippen LogP contribution is 2.37. The number of carbonyl (C=O) groups excluding carboxylic acids is 5. The first kappa shape index (κ1) is 52.6. The molecule has 0 radical (unpaired) electrons. The average Bonchev–Trinajstić information content (AvgIpc) is 3.65. The van der Waals surface area contributed by atoms with E-state index < -0.39 is 55.9 Å². The molecule has 0 bridgehead atoms. The van der Waals surface area contributed by atoms with E-state index >= 15 is 0 Å². The molecule has 0 aliphatic rings. The third kappa shape index (κ3) is 17.1. The fraction of sp³-hybridized carbons (Fsp3) is 0.659. The topological polar surface area (TPSA) is 217 Å². The summed E-state index contributed by atoms with van der Waals surface area (Å²) in [6.45, 7) is 15.2. The number of hydrogen-bond donors (Lipinski definition) is 6. The number of amides is 4. The van der Waals surface area contributed by atoms with Crippen LogP contribution in [0.1, 0.15) is 108 Å². The van der Waals surface area contributed by atoms with Gasteiger partial charge in [-0.3, -0.25) is 38.7 Å². The Morgan fingerprint density at radius 3 is 2.08 bits per heavy atom. The molecule has 16 nitrogen and oxygen atoms in total. The van der Waals surface area contributed by atoms with Crippen molar-refractivity contribution in [3.8, 4) is 5.75 Å². The zero-order valence-electron chi connectivity index (χ0n) is 36.8. The molecule has 1 unspecified atom stereocenters. The fourth-order valence-electron chi connectivity index (χ4n) is 7.03. The number of hydrogen-bond acceptors (Lipinski definition) is 12. The molecule has 60 heavy (non-hydrogen) atoms. The number of phosphoric ester groups is 1. The van der Waals surface area contributed by atoms with Gasteiger partial charge in [0.15, 0.2) is 6.10 Å². The molecule has 1 aromatic carbocycles. The Labute approximate surface area is 365 Å². The third-order valence-corrected chi connectivity index (χ3v) is 12.0. The van der Waals surface area contributed by atoms with Gasteiger partial charge in [-0.1, -0.05) is 67.0 Å². The first-order chi connectivity index (χ1) is 28.0. The lowest BCUT2D eigenvalue weighted by Crippen LogP contribution is -2.58. The summed E-state index contributed by atoms with van der Waals surface area (Å²) >= 11 is 5.33. The van der Waals surface area contributed by atoms with Crippen LogP contribution in [0.5, 0.6) is 5.75 Å². The molecule has 0 saturated heterocycles. The summed E-state index contributed by atoms with van der Waals surface area (Å²) in [5, 5.41) is 10.8. The highest BCUT2D eigenvalue weighted by molar-refractivity contribution is 7.80. The van der Waals surface area contributed by atoms with Crippen molar-refractivity contribution in [3.05, 3.63) is 45.9 Å². The molecule has 19 heteroatoms. The molecule has 0 saturated carbocycles. The van der Waals surface area contributed by atoms with Crippen LogP contribution >= 0.6 is 31.8 Å². The minimum atomic E-state index is -4.76. The van der Waals surface area contributed by atoms with Crippen molar-refractivity contribution >= 4 is 61.4 Å². The molecule has 7 atom stereocenters. The number of aromatic nitrogens is 1. The predicted molar refractivity (Wildman–Crippen MR) is 236 cm³/mol. The van der Waals surface area contributed by atoms with E-state index in [0.29, 0.717) is 35.7 Å². The zero-order valence-corrected chi connectivity index (χ0v) is 39.4. The quantitative estimate of drug-likeness (QED) is 0.0336. The van der Waals surface area contributed by atoms with Crippen LogP contribution in [-0.4, -0.2) is 112 Å². The maximum absolute atomic E-state index is 14.3. The predicted octanol–water partition coefficient (Wildman–Crippen LogP) is 5.01. The summed E-state index contributed by atoms with van der Waals surface area (Å²) in [6, 6.07) is 3.80. The number of thiazole rings is 1. The molecule has 0 fully saturated rings. The molecule has 2 aromatic rings. The van der Waals surface area contributed by atoms with Crippen molar-refractivity contribution in [1.82, 2.24) is 30.7 Å². The third-order valence-electron chi connectivity index (χ3n) is 10.3. The van der Waals surface area contributed by atoms with Crippen molar-refractivity contribution in [2.24, 2.45) is 23.7 Å². The Hall–Kier alpha value is -3.54. The zero-order chi connectivity index (χ0) is 45.5. The van der Waals surface area contributed by atoms with Gasteiger partial charge in [-0.25, -0.2) is 9.55 Å². The number of thiol groups is 1. The van der Waals surface area contributed by atoms with Gasteiger partial charge in [0, 0.05) is 50.3 Å². The molecule has 5 N–H and O–H groups in total. The number of likely N-dealkylation sites (N-methyl/N-ethyl adjacent to an activating group) is 2. The lowest BCUT2D eigenvalue weighted by molar-refractivity contribution is -0.149. The highest BCUT2D eigenvalue weighted by Gasteiger charge is 2.37. The number of nitrogens with zero attached hydrogens (tertiary/aromatic N) is 3. The van der Waals surface area contributed by atoms with Crippen molar-refractivity contribution in [1.29, 1.82) is 0 Å². The second-order valence-corrected chi connectivity index (χ2v) is 18.8. The van der Waals surface area contributed by atoms with Crippen molar-refractivity contribution < 1.29 is 47.6 Å². The lowest BCUT2D eigenvalue weighted by atomic mass is 9.92. The Morgan fingerprint density at radius 1 is 0.933 bits per heavy atom. The normalized spacial score (nSPS) is 15.3. The van der Waals surface area contributed by atoms with E-state index in [1.165, 1.54) is 19.1 Å². The van der Waals surface area contributed by atoms with E-state index in [9.17, 15) is 28.5 Å². The second-order valence-electron chi connectivity index (χ2n) is 16.3. The number of nitrogens with one attached hydrogen (secondary N) is 3. The van der Waals surface area contributed by atoms with Gasteiger partial charge >= 0.3 is 13.8 Å². The van der Waals surface area contributed by atoms with Gasteiger partial charge in [0.1, 0.15) is 22.5 Å². The number of phosphoric acid groups is 1. The minimum Gasteiger partial charge on any atom is -0.455 e. The SMILES string of the molecule is CC[C@H](C)[C@H](NC(=O)[C@@H](C(C)C)N(C)C)C(=O)N(C)[C@H](C[C@@H](OC(C)=O)c1nc(C(=O)N[C@@H](Cc2ccc(OP(=O)(O)O)cc2)CC(C)C(=O)NCCCS)cs1)C(C)C. The molecule has 338 valence electrons. The van der Waals surface area contributed by atoms with Crippen LogP contribution < -0.4 is 20.5 Å². The summed E-state index contributed by atoms with van der Waals surface area (Å²) in [5.74, 6) is -1.93. The second kappa shape index (κ2) is 24.8. The molecular formula is C41H67N6O10PS2. The number of ether oxygens (including phenoxy) is 1. The van der Waals surface area contributed by atoms with Crippen LogP contribution in [0.25, 0.3) is 0 Å².